The topological polar surface area (TPSA) is 84.2 Å². The molecule has 0 radical (unpaired) electrons. The van der Waals surface area contributed by atoms with E-state index in [0.717, 1.165) is 59.3 Å². The third kappa shape index (κ3) is 3.41. The van der Waals surface area contributed by atoms with Gasteiger partial charge in [-0.05, 0) is 45.1 Å². The molecule has 1 fully saturated rings. The Bertz CT molecular complexity index is 1000. The molecular formula is C19H23N5O2S. The highest BCUT2D eigenvalue weighted by Crippen LogP contribution is 2.37. The predicted molar refractivity (Wildman–Crippen MR) is 107 cm³/mol. The first-order valence-corrected chi connectivity index (χ1v) is 10.0. The summed E-state index contributed by atoms with van der Waals surface area (Å²) in [5, 5.41) is 7.63. The van der Waals surface area contributed by atoms with Crippen molar-refractivity contribution in [3.05, 3.63) is 28.1 Å². The minimum absolute atomic E-state index is 0.195. The fraction of sp³-hybridized carbons (Fsp3) is 0.474. The zero-order valence-electron chi connectivity index (χ0n) is 16.0. The van der Waals surface area contributed by atoms with Gasteiger partial charge in [-0.3, -0.25) is 4.79 Å². The Morgan fingerprint density at radius 2 is 2.00 bits per heavy atom. The number of aryl methyl sites for hydroxylation is 3. The Kier molecular flexibility index (Phi) is 4.59. The lowest BCUT2D eigenvalue weighted by Crippen LogP contribution is -2.33. The second-order valence-electron chi connectivity index (χ2n) is 7.28. The van der Waals surface area contributed by atoms with Crippen LogP contribution in [0.3, 0.4) is 0 Å². The molecule has 8 heteroatoms. The molecular weight excluding hydrogens is 362 g/mol. The first-order valence-electron chi connectivity index (χ1n) is 9.19. The summed E-state index contributed by atoms with van der Waals surface area (Å²) < 4.78 is 5.02. The summed E-state index contributed by atoms with van der Waals surface area (Å²) in [6, 6.07) is 1.70. The minimum Gasteiger partial charge on any atom is -0.360 e. The summed E-state index contributed by atoms with van der Waals surface area (Å²) >= 11 is 1.40. The van der Waals surface area contributed by atoms with E-state index in [9.17, 15) is 4.79 Å². The lowest BCUT2D eigenvalue weighted by Gasteiger charge is -2.31. The third-order valence-corrected chi connectivity index (χ3v) is 6.23. The van der Waals surface area contributed by atoms with Crippen molar-refractivity contribution in [2.24, 2.45) is 5.92 Å². The van der Waals surface area contributed by atoms with Gasteiger partial charge in [-0.25, -0.2) is 9.97 Å². The van der Waals surface area contributed by atoms with Crippen LogP contribution in [0.5, 0.6) is 0 Å². The van der Waals surface area contributed by atoms with Gasteiger partial charge < -0.3 is 14.7 Å². The van der Waals surface area contributed by atoms with Crippen molar-refractivity contribution in [1.82, 2.24) is 15.1 Å². The van der Waals surface area contributed by atoms with Crippen molar-refractivity contribution in [1.29, 1.82) is 0 Å². The van der Waals surface area contributed by atoms with Crippen molar-refractivity contribution in [2.45, 2.75) is 40.5 Å². The molecule has 1 saturated heterocycles. The quantitative estimate of drug-likeness (QED) is 0.731. The molecule has 27 heavy (non-hydrogen) atoms. The van der Waals surface area contributed by atoms with E-state index in [-0.39, 0.29) is 5.91 Å². The average molecular weight is 385 g/mol. The summed E-state index contributed by atoms with van der Waals surface area (Å²) in [4.78, 5) is 25.9. The van der Waals surface area contributed by atoms with Crippen LogP contribution in [0.25, 0.3) is 10.2 Å². The molecule has 0 aliphatic carbocycles. The summed E-state index contributed by atoms with van der Waals surface area (Å²) in [6.07, 6.45) is 2.32. The van der Waals surface area contributed by atoms with E-state index in [1.54, 1.807) is 13.0 Å². The third-order valence-electron chi connectivity index (χ3n) is 5.04. The number of nitrogens with zero attached hydrogens (tertiary/aromatic N) is 4. The first kappa shape index (κ1) is 17.9. The summed E-state index contributed by atoms with van der Waals surface area (Å²) in [5.74, 6) is 3.31. The van der Waals surface area contributed by atoms with E-state index in [0.29, 0.717) is 16.5 Å². The molecule has 142 valence electrons. The van der Waals surface area contributed by atoms with Crippen molar-refractivity contribution >= 4 is 39.1 Å². The molecule has 0 unspecified atom stereocenters. The van der Waals surface area contributed by atoms with Crippen LogP contribution in [0, 0.1) is 26.7 Å². The smallest absolute Gasteiger partial charge is 0.267 e. The van der Waals surface area contributed by atoms with Gasteiger partial charge in [0, 0.05) is 19.2 Å². The summed E-state index contributed by atoms with van der Waals surface area (Å²) in [5.41, 5.74) is 0.918. The standard InChI is InChI=1S/C19H23N5O2S/c1-10-5-7-24(8-6-10)17-15-12(3)16(27-19(15)21-13(4)20-17)18(25)22-14-9-11(2)26-23-14/h9-10H,5-8H2,1-4H3,(H,22,23,25). The Labute approximate surface area is 161 Å². The molecule has 0 bridgehead atoms. The molecule has 0 saturated carbocycles. The number of piperidine rings is 1. The molecule has 3 aromatic heterocycles. The highest BCUT2D eigenvalue weighted by atomic mass is 32.1. The Morgan fingerprint density at radius 1 is 1.26 bits per heavy atom. The van der Waals surface area contributed by atoms with Crippen LogP contribution in [0.15, 0.2) is 10.6 Å². The SMILES string of the molecule is Cc1nc(N2CCC(C)CC2)c2c(C)c(C(=O)Nc3cc(C)on3)sc2n1. The van der Waals surface area contributed by atoms with Crippen LogP contribution >= 0.6 is 11.3 Å². The average Bonchev–Trinajstić information content (AvgIpc) is 3.18. The highest BCUT2D eigenvalue weighted by Gasteiger charge is 2.25. The lowest BCUT2D eigenvalue weighted by molar-refractivity contribution is 0.102. The van der Waals surface area contributed by atoms with Gasteiger partial charge in [0.1, 0.15) is 22.2 Å². The number of hydrogen-bond acceptors (Lipinski definition) is 7. The van der Waals surface area contributed by atoms with Crippen LogP contribution in [0.4, 0.5) is 11.6 Å². The molecule has 4 heterocycles. The number of hydrogen-bond donors (Lipinski definition) is 1. The molecule has 7 nitrogen and oxygen atoms in total. The van der Waals surface area contributed by atoms with E-state index < -0.39 is 0 Å². The van der Waals surface area contributed by atoms with Crippen LogP contribution in [-0.2, 0) is 0 Å². The highest BCUT2D eigenvalue weighted by molar-refractivity contribution is 7.20. The van der Waals surface area contributed by atoms with Gasteiger partial charge in [-0.2, -0.15) is 0 Å². The summed E-state index contributed by atoms with van der Waals surface area (Å²) in [7, 11) is 0. The van der Waals surface area contributed by atoms with Crippen LogP contribution in [0.1, 0.15) is 46.6 Å². The van der Waals surface area contributed by atoms with E-state index in [4.69, 9.17) is 9.51 Å². The zero-order valence-corrected chi connectivity index (χ0v) is 16.8. The van der Waals surface area contributed by atoms with Gasteiger partial charge >= 0.3 is 0 Å². The maximum Gasteiger partial charge on any atom is 0.267 e. The normalized spacial score (nSPS) is 15.5. The number of anilines is 2. The predicted octanol–water partition coefficient (Wildman–Crippen LogP) is 4.09. The van der Waals surface area contributed by atoms with E-state index in [1.807, 2.05) is 13.8 Å². The molecule has 1 amide bonds. The molecule has 1 aliphatic rings. The fourth-order valence-electron chi connectivity index (χ4n) is 3.49. The molecule has 1 aliphatic heterocycles. The van der Waals surface area contributed by atoms with E-state index >= 15 is 0 Å². The maximum atomic E-state index is 12.8. The van der Waals surface area contributed by atoms with Gasteiger partial charge in [0.15, 0.2) is 5.82 Å². The van der Waals surface area contributed by atoms with Gasteiger partial charge in [-0.1, -0.05) is 12.1 Å². The van der Waals surface area contributed by atoms with Gasteiger partial charge in [0.2, 0.25) is 0 Å². The molecule has 4 rings (SSSR count). The Balaban J connectivity index is 1.72. The van der Waals surface area contributed by atoms with Gasteiger partial charge in [-0.15, -0.1) is 11.3 Å². The summed E-state index contributed by atoms with van der Waals surface area (Å²) in [6.45, 7) is 9.93. The lowest BCUT2D eigenvalue weighted by atomic mass is 9.99. The van der Waals surface area contributed by atoms with Crippen molar-refractivity contribution in [3.8, 4) is 0 Å². The van der Waals surface area contributed by atoms with Gasteiger partial charge in [0.25, 0.3) is 5.91 Å². The molecule has 3 aromatic rings. The molecule has 1 N–H and O–H groups in total. The number of aromatic nitrogens is 3. The second-order valence-corrected chi connectivity index (χ2v) is 8.28. The molecule has 0 atom stereocenters. The second kappa shape index (κ2) is 6.92. The van der Waals surface area contributed by atoms with Crippen LogP contribution in [0.2, 0.25) is 0 Å². The van der Waals surface area contributed by atoms with Crippen LogP contribution < -0.4 is 10.2 Å². The number of nitrogens with one attached hydrogen (secondary N) is 1. The Hall–Kier alpha value is -2.48. The van der Waals surface area contributed by atoms with E-state index in [1.165, 1.54) is 11.3 Å². The number of thiophene rings is 1. The number of amides is 1. The number of carbonyl (C=O) groups is 1. The number of rotatable bonds is 3. The van der Waals surface area contributed by atoms with Crippen molar-refractivity contribution in [3.63, 3.8) is 0 Å². The monoisotopic (exact) mass is 385 g/mol. The van der Waals surface area contributed by atoms with Gasteiger partial charge in [0.05, 0.1) is 10.3 Å². The molecule has 0 spiro atoms. The Morgan fingerprint density at radius 3 is 2.67 bits per heavy atom. The maximum absolute atomic E-state index is 12.8. The number of fused-ring (bicyclic) bond motifs is 1. The first-order chi connectivity index (χ1) is 12.9. The minimum atomic E-state index is -0.195. The zero-order chi connectivity index (χ0) is 19.1. The van der Waals surface area contributed by atoms with Crippen LogP contribution in [-0.4, -0.2) is 34.1 Å². The van der Waals surface area contributed by atoms with E-state index in [2.05, 4.69) is 27.3 Å². The van der Waals surface area contributed by atoms with Crippen molar-refractivity contribution in [2.75, 3.05) is 23.3 Å². The largest absolute Gasteiger partial charge is 0.360 e. The number of carbonyl (C=O) groups excluding carboxylic acids is 1. The fourth-order valence-corrected chi connectivity index (χ4v) is 4.60. The molecule has 0 aromatic carbocycles. The van der Waals surface area contributed by atoms with Crippen molar-refractivity contribution < 1.29 is 9.32 Å².